The number of aromatic amines is 1. The molecule has 0 spiro atoms. The Morgan fingerprint density at radius 3 is 2.69 bits per heavy atom. The lowest BCUT2D eigenvalue weighted by Crippen LogP contribution is -2.21. The highest BCUT2D eigenvalue weighted by Gasteiger charge is 2.30. The van der Waals surface area contributed by atoms with E-state index in [4.69, 9.17) is 16.3 Å². The summed E-state index contributed by atoms with van der Waals surface area (Å²) in [4.78, 5) is 7.75. The molecule has 5 rings (SSSR count). The van der Waals surface area contributed by atoms with E-state index in [1.54, 1.807) is 0 Å². The monoisotopic (exact) mass is 458 g/mol. The molecule has 1 heterocycles. The fourth-order valence-corrected chi connectivity index (χ4v) is 5.93. The molecule has 4 atom stereocenters. The predicted octanol–water partition coefficient (Wildman–Crippen LogP) is 7.14. The number of H-pyrrole nitrogens is 1. The number of nitrogens with zero attached hydrogens (tertiary/aromatic N) is 1. The van der Waals surface area contributed by atoms with Crippen molar-refractivity contribution >= 4 is 22.6 Å². The Hall–Kier alpha value is -2.14. The van der Waals surface area contributed by atoms with E-state index in [1.807, 2.05) is 6.07 Å². The third kappa shape index (κ3) is 4.63. The number of aromatic nitrogens is 2. The minimum absolute atomic E-state index is 0.285. The quantitative estimate of drug-likeness (QED) is 0.398. The minimum Gasteiger partial charge on any atom is -0.493 e. The number of benzene rings is 2. The first kappa shape index (κ1) is 21.7. The van der Waals surface area contributed by atoms with Gasteiger partial charge < -0.3 is 9.72 Å². The Kier molecular flexibility index (Phi) is 6.36. The van der Waals surface area contributed by atoms with Crippen LogP contribution in [0.1, 0.15) is 62.3 Å². The van der Waals surface area contributed by atoms with Gasteiger partial charge in [0.2, 0.25) is 0 Å². The van der Waals surface area contributed by atoms with Crippen LogP contribution in [-0.2, 0) is 6.42 Å². The Balaban J connectivity index is 1.34. The van der Waals surface area contributed by atoms with Gasteiger partial charge in [-0.2, -0.15) is 0 Å². The Labute approximate surface area is 192 Å². The number of rotatable bonds is 6. The normalized spacial score (nSPS) is 26.0. The highest BCUT2D eigenvalue weighted by Crippen LogP contribution is 2.43. The number of fused-ring (bicyclic) bond motifs is 1. The first-order valence-electron chi connectivity index (χ1n) is 11.8. The summed E-state index contributed by atoms with van der Waals surface area (Å²) in [5, 5.41) is 0.285. The van der Waals surface area contributed by atoms with E-state index >= 15 is 0 Å². The van der Waals surface area contributed by atoms with Crippen LogP contribution in [0.5, 0.6) is 5.75 Å². The van der Waals surface area contributed by atoms with Gasteiger partial charge in [-0.05, 0) is 61.5 Å². The van der Waals surface area contributed by atoms with Gasteiger partial charge in [0, 0.05) is 23.9 Å². The largest absolute Gasteiger partial charge is 0.493 e. The molecule has 1 N–H and O–H groups in total. The summed E-state index contributed by atoms with van der Waals surface area (Å²) in [7, 11) is 0. The zero-order valence-electron chi connectivity index (χ0n) is 18.1. The van der Waals surface area contributed by atoms with Crippen molar-refractivity contribution in [3.05, 3.63) is 59.4 Å². The van der Waals surface area contributed by atoms with E-state index in [2.05, 4.69) is 28.2 Å². The van der Waals surface area contributed by atoms with Crippen LogP contribution in [0.2, 0.25) is 0 Å². The molecule has 6 heteroatoms. The van der Waals surface area contributed by atoms with E-state index < -0.39 is 11.6 Å². The summed E-state index contributed by atoms with van der Waals surface area (Å²) in [5.41, 5.74) is 2.29. The first-order chi connectivity index (χ1) is 15.6. The van der Waals surface area contributed by atoms with E-state index in [0.29, 0.717) is 28.8 Å². The highest BCUT2D eigenvalue weighted by molar-refractivity contribution is 6.20. The van der Waals surface area contributed by atoms with Crippen LogP contribution in [0.4, 0.5) is 8.78 Å². The fraction of sp³-hybridized carbons (Fsp3) is 0.500. The van der Waals surface area contributed by atoms with Crippen molar-refractivity contribution in [1.29, 1.82) is 0 Å². The fourth-order valence-electron chi connectivity index (χ4n) is 5.56. The number of ether oxygens (including phenoxy) is 1. The molecule has 1 aromatic heterocycles. The molecule has 2 aliphatic rings. The molecule has 3 aromatic rings. The molecule has 2 saturated carbocycles. The van der Waals surface area contributed by atoms with Gasteiger partial charge in [-0.25, -0.2) is 13.8 Å². The van der Waals surface area contributed by atoms with Crippen molar-refractivity contribution in [1.82, 2.24) is 9.97 Å². The lowest BCUT2D eigenvalue weighted by molar-refractivity contribution is 0.240. The SMILES string of the molecule is Fc1cc2nc(CC3CCCCC3c3ccccc3OCC3CCC(Cl)C3)[nH]c2cc1F. The molecular formula is C26H29ClF2N2O. The Bertz CT molecular complexity index is 1050. The summed E-state index contributed by atoms with van der Waals surface area (Å²) in [5.74, 6) is 1.38. The van der Waals surface area contributed by atoms with Crippen LogP contribution in [0.3, 0.4) is 0 Å². The smallest absolute Gasteiger partial charge is 0.161 e. The molecule has 2 aromatic carbocycles. The molecule has 0 aliphatic heterocycles. The van der Waals surface area contributed by atoms with Gasteiger partial charge in [-0.1, -0.05) is 31.0 Å². The number of para-hydroxylation sites is 1. The van der Waals surface area contributed by atoms with Crippen molar-refractivity contribution < 1.29 is 13.5 Å². The molecule has 170 valence electrons. The van der Waals surface area contributed by atoms with Crippen molar-refractivity contribution in [3.63, 3.8) is 0 Å². The van der Waals surface area contributed by atoms with E-state index in [1.165, 1.54) is 30.5 Å². The predicted molar refractivity (Wildman–Crippen MR) is 123 cm³/mol. The third-order valence-electron chi connectivity index (χ3n) is 7.21. The zero-order chi connectivity index (χ0) is 22.1. The van der Waals surface area contributed by atoms with Crippen molar-refractivity contribution in [2.75, 3.05) is 6.61 Å². The van der Waals surface area contributed by atoms with Gasteiger partial charge in [-0.3, -0.25) is 0 Å². The maximum Gasteiger partial charge on any atom is 0.161 e. The summed E-state index contributed by atoms with van der Waals surface area (Å²) < 4.78 is 33.5. The average molecular weight is 459 g/mol. The molecule has 2 aliphatic carbocycles. The van der Waals surface area contributed by atoms with Crippen LogP contribution in [0.15, 0.2) is 36.4 Å². The van der Waals surface area contributed by atoms with E-state index in [0.717, 1.165) is 56.7 Å². The Morgan fingerprint density at radius 2 is 1.84 bits per heavy atom. The summed E-state index contributed by atoms with van der Waals surface area (Å²) in [6.45, 7) is 0.721. The van der Waals surface area contributed by atoms with Crippen LogP contribution in [0.25, 0.3) is 11.0 Å². The number of nitrogens with one attached hydrogen (secondary N) is 1. The van der Waals surface area contributed by atoms with Gasteiger partial charge in [0.15, 0.2) is 11.6 Å². The number of alkyl halides is 1. The average Bonchev–Trinajstić information content (AvgIpc) is 3.38. The second-order valence-corrected chi connectivity index (χ2v) is 10.1. The molecule has 0 amide bonds. The summed E-state index contributed by atoms with van der Waals surface area (Å²) in [6.07, 6.45) is 8.60. The second kappa shape index (κ2) is 9.38. The minimum atomic E-state index is -0.861. The van der Waals surface area contributed by atoms with Gasteiger partial charge in [0.05, 0.1) is 17.6 Å². The van der Waals surface area contributed by atoms with Crippen molar-refractivity contribution in [3.8, 4) is 5.75 Å². The van der Waals surface area contributed by atoms with Crippen LogP contribution >= 0.6 is 11.6 Å². The lowest BCUT2D eigenvalue weighted by atomic mass is 9.73. The summed E-state index contributed by atoms with van der Waals surface area (Å²) >= 11 is 6.28. The molecule has 4 unspecified atom stereocenters. The number of halogens is 3. The molecule has 32 heavy (non-hydrogen) atoms. The van der Waals surface area contributed by atoms with Gasteiger partial charge in [-0.15, -0.1) is 11.6 Å². The van der Waals surface area contributed by atoms with Crippen molar-refractivity contribution in [2.24, 2.45) is 11.8 Å². The molecule has 0 saturated heterocycles. The van der Waals surface area contributed by atoms with Gasteiger partial charge >= 0.3 is 0 Å². The standard InChI is InChI=1S/C26H29ClF2N2O/c27-18-10-9-16(11-18)15-32-25-8-4-3-7-20(25)19-6-2-1-5-17(19)12-26-30-23-13-21(28)22(29)14-24(23)31-26/h3-4,7-8,13-14,16-19H,1-2,5-6,9-12,15H2,(H,30,31). The van der Waals surface area contributed by atoms with Crippen LogP contribution < -0.4 is 4.74 Å². The van der Waals surface area contributed by atoms with Gasteiger partial charge in [0.1, 0.15) is 11.6 Å². The van der Waals surface area contributed by atoms with Crippen LogP contribution in [0, 0.1) is 23.5 Å². The number of imidazole rings is 1. The first-order valence-corrected chi connectivity index (χ1v) is 12.2. The van der Waals surface area contributed by atoms with Crippen LogP contribution in [-0.4, -0.2) is 22.0 Å². The zero-order valence-corrected chi connectivity index (χ0v) is 18.9. The summed E-state index contributed by atoms with van der Waals surface area (Å²) in [6, 6.07) is 10.8. The third-order valence-corrected chi connectivity index (χ3v) is 7.60. The Morgan fingerprint density at radius 1 is 1.03 bits per heavy atom. The molecular weight excluding hydrogens is 430 g/mol. The maximum atomic E-state index is 13.6. The number of hydrogen-bond acceptors (Lipinski definition) is 2. The molecule has 0 radical (unpaired) electrons. The molecule has 3 nitrogen and oxygen atoms in total. The number of hydrogen-bond donors (Lipinski definition) is 1. The lowest BCUT2D eigenvalue weighted by Gasteiger charge is -2.32. The van der Waals surface area contributed by atoms with E-state index in [-0.39, 0.29) is 5.38 Å². The topological polar surface area (TPSA) is 37.9 Å². The van der Waals surface area contributed by atoms with Gasteiger partial charge in [0.25, 0.3) is 0 Å². The molecule has 2 fully saturated rings. The maximum absolute atomic E-state index is 13.6. The van der Waals surface area contributed by atoms with E-state index in [9.17, 15) is 8.78 Å². The van der Waals surface area contributed by atoms with Crippen molar-refractivity contribution in [2.45, 2.75) is 62.7 Å². The molecule has 0 bridgehead atoms. The highest BCUT2D eigenvalue weighted by atomic mass is 35.5. The second-order valence-electron chi connectivity index (χ2n) is 9.45.